The predicted octanol–water partition coefficient (Wildman–Crippen LogP) is 1.62. The summed E-state index contributed by atoms with van der Waals surface area (Å²) in [6.07, 6.45) is 0. The van der Waals surface area contributed by atoms with Crippen molar-refractivity contribution in [3.8, 4) is 6.07 Å². The Labute approximate surface area is 120 Å². The lowest BCUT2D eigenvalue weighted by Gasteiger charge is -2.13. The van der Waals surface area contributed by atoms with E-state index >= 15 is 0 Å². The van der Waals surface area contributed by atoms with E-state index in [2.05, 4.69) is 0 Å². The molecule has 0 fully saturated rings. The first-order valence-corrected chi connectivity index (χ1v) is 6.29. The number of rotatable bonds is 3. The highest BCUT2D eigenvalue weighted by molar-refractivity contribution is 6.20. The monoisotopic (exact) mass is 281 g/mol. The molecule has 3 rings (SSSR count). The molecular formula is C15H11N3O3. The van der Waals surface area contributed by atoms with Crippen LogP contribution >= 0.6 is 0 Å². The molecule has 0 unspecified atom stereocenters. The highest BCUT2D eigenvalue weighted by Crippen LogP contribution is 2.23. The van der Waals surface area contributed by atoms with Gasteiger partial charge in [-0.15, -0.1) is 5.06 Å². The van der Waals surface area contributed by atoms with Crippen LogP contribution in [0.4, 0.5) is 0 Å². The summed E-state index contributed by atoms with van der Waals surface area (Å²) >= 11 is 0. The van der Waals surface area contributed by atoms with E-state index in [0.717, 1.165) is 5.06 Å². The fourth-order valence-electron chi connectivity index (χ4n) is 2.23. The highest BCUT2D eigenvalue weighted by Gasteiger charge is 2.36. The van der Waals surface area contributed by atoms with Gasteiger partial charge in [0.25, 0.3) is 11.8 Å². The number of hydroxylamine groups is 2. The maximum absolute atomic E-state index is 12.1. The number of aromatic nitrogens is 1. The molecule has 0 bridgehead atoms. The molecule has 0 spiro atoms. The molecule has 2 heterocycles. The molecule has 1 aliphatic rings. The van der Waals surface area contributed by atoms with Gasteiger partial charge in [0.05, 0.1) is 11.1 Å². The van der Waals surface area contributed by atoms with Crippen molar-refractivity contribution in [2.75, 3.05) is 0 Å². The lowest BCUT2D eigenvalue weighted by atomic mass is 10.1. The number of nitrogens with zero attached hydrogens (tertiary/aromatic N) is 3. The number of carbonyl (C=O) groups is 2. The molecule has 1 aromatic heterocycles. The molecule has 0 N–H and O–H groups in total. The molecule has 1 aliphatic heterocycles. The van der Waals surface area contributed by atoms with Crippen molar-refractivity contribution in [1.82, 2.24) is 9.63 Å². The quantitative estimate of drug-likeness (QED) is 0.801. The van der Waals surface area contributed by atoms with E-state index in [4.69, 9.17) is 10.1 Å². The zero-order chi connectivity index (χ0) is 15.0. The van der Waals surface area contributed by atoms with Crippen LogP contribution < -0.4 is 0 Å². The summed E-state index contributed by atoms with van der Waals surface area (Å²) in [5, 5.41) is 9.65. The van der Waals surface area contributed by atoms with Crippen LogP contribution in [0.2, 0.25) is 0 Å². The minimum Gasteiger partial charge on any atom is -0.337 e. The normalized spacial score (nSPS) is 13.4. The number of amides is 2. The molecule has 0 saturated carbocycles. The second-order valence-corrected chi connectivity index (χ2v) is 4.60. The SMILES string of the molecule is Cn1c(C#N)ccc1CON1C(=O)c2ccccc2C1=O. The molecule has 6 nitrogen and oxygen atoms in total. The summed E-state index contributed by atoms with van der Waals surface area (Å²) < 4.78 is 1.65. The summed E-state index contributed by atoms with van der Waals surface area (Å²) in [5.74, 6) is -0.935. The first kappa shape index (κ1) is 13.1. The van der Waals surface area contributed by atoms with Gasteiger partial charge in [-0.25, -0.2) is 0 Å². The Kier molecular flexibility index (Phi) is 3.05. The lowest BCUT2D eigenvalue weighted by Crippen LogP contribution is -2.30. The number of hydrogen-bond donors (Lipinski definition) is 0. The average molecular weight is 281 g/mol. The molecule has 2 amide bonds. The molecular weight excluding hydrogens is 270 g/mol. The van der Waals surface area contributed by atoms with Crippen LogP contribution in [0.15, 0.2) is 36.4 Å². The van der Waals surface area contributed by atoms with Gasteiger partial charge in [-0.05, 0) is 24.3 Å². The van der Waals surface area contributed by atoms with Gasteiger partial charge in [-0.2, -0.15) is 5.26 Å². The third kappa shape index (κ3) is 2.00. The molecule has 0 aliphatic carbocycles. The Morgan fingerprint density at radius 2 is 1.71 bits per heavy atom. The number of fused-ring (bicyclic) bond motifs is 1. The standard InChI is InChI=1S/C15H11N3O3/c1-17-10(8-16)6-7-11(17)9-21-18-14(19)12-4-2-3-5-13(12)15(18)20/h2-7H,9H2,1H3. The van der Waals surface area contributed by atoms with Crippen molar-refractivity contribution in [1.29, 1.82) is 5.26 Å². The van der Waals surface area contributed by atoms with Crippen molar-refractivity contribution in [3.05, 3.63) is 58.9 Å². The first-order valence-electron chi connectivity index (χ1n) is 6.29. The van der Waals surface area contributed by atoms with Crippen molar-refractivity contribution >= 4 is 11.8 Å². The van der Waals surface area contributed by atoms with Gasteiger partial charge in [0.1, 0.15) is 18.4 Å². The maximum Gasteiger partial charge on any atom is 0.285 e. The van der Waals surface area contributed by atoms with Crippen LogP contribution in [0.1, 0.15) is 32.1 Å². The number of benzene rings is 1. The fourth-order valence-corrected chi connectivity index (χ4v) is 2.23. The van der Waals surface area contributed by atoms with Crippen LogP contribution in [-0.4, -0.2) is 21.4 Å². The van der Waals surface area contributed by atoms with Gasteiger partial charge in [-0.3, -0.25) is 14.4 Å². The molecule has 0 atom stereocenters. The second kappa shape index (κ2) is 4.89. The molecule has 104 valence electrons. The Hall–Kier alpha value is -2.91. The molecule has 0 radical (unpaired) electrons. The summed E-state index contributed by atoms with van der Waals surface area (Å²) in [4.78, 5) is 29.5. The molecule has 0 saturated heterocycles. The summed E-state index contributed by atoms with van der Waals surface area (Å²) in [5.41, 5.74) is 1.86. The van der Waals surface area contributed by atoms with Crippen LogP contribution in [0, 0.1) is 11.3 Å². The minimum absolute atomic E-state index is 0.0314. The van der Waals surface area contributed by atoms with E-state index < -0.39 is 11.8 Å². The second-order valence-electron chi connectivity index (χ2n) is 4.60. The summed E-state index contributed by atoms with van der Waals surface area (Å²) in [6, 6.07) is 12.0. The Morgan fingerprint density at radius 1 is 1.10 bits per heavy atom. The van der Waals surface area contributed by atoms with E-state index in [1.807, 2.05) is 6.07 Å². The van der Waals surface area contributed by atoms with Crippen molar-refractivity contribution < 1.29 is 14.4 Å². The van der Waals surface area contributed by atoms with E-state index in [9.17, 15) is 9.59 Å². The van der Waals surface area contributed by atoms with Gasteiger partial charge in [0, 0.05) is 12.7 Å². The number of nitriles is 1. The number of hydrogen-bond acceptors (Lipinski definition) is 4. The van der Waals surface area contributed by atoms with Crippen molar-refractivity contribution in [2.24, 2.45) is 7.05 Å². The molecule has 21 heavy (non-hydrogen) atoms. The maximum atomic E-state index is 12.1. The van der Waals surface area contributed by atoms with Gasteiger partial charge in [0.15, 0.2) is 0 Å². The average Bonchev–Trinajstić information content (AvgIpc) is 2.97. The first-order chi connectivity index (χ1) is 10.1. The van der Waals surface area contributed by atoms with Gasteiger partial charge in [-0.1, -0.05) is 12.1 Å². The molecule has 2 aromatic rings. The van der Waals surface area contributed by atoms with Crippen LogP contribution in [-0.2, 0) is 18.5 Å². The van der Waals surface area contributed by atoms with Gasteiger partial charge >= 0.3 is 0 Å². The van der Waals surface area contributed by atoms with Crippen LogP contribution in [0.25, 0.3) is 0 Å². The predicted molar refractivity (Wildman–Crippen MR) is 71.9 cm³/mol. The van der Waals surface area contributed by atoms with Crippen LogP contribution in [0.5, 0.6) is 0 Å². The lowest BCUT2D eigenvalue weighted by molar-refractivity contribution is -0.102. The largest absolute Gasteiger partial charge is 0.337 e. The van der Waals surface area contributed by atoms with E-state index in [-0.39, 0.29) is 6.61 Å². The third-order valence-electron chi connectivity index (χ3n) is 3.44. The number of carbonyl (C=O) groups excluding carboxylic acids is 2. The Morgan fingerprint density at radius 3 is 2.24 bits per heavy atom. The third-order valence-corrected chi connectivity index (χ3v) is 3.44. The summed E-state index contributed by atoms with van der Waals surface area (Å²) in [6.45, 7) is 0.0314. The van der Waals surface area contributed by atoms with E-state index in [1.54, 1.807) is 48.0 Å². The fraction of sp³-hybridized carbons (Fsp3) is 0.133. The van der Waals surface area contributed by atoms with E-state index in [0.29, 0.717) is 22.5 Å². The number of imide groups is 1. The highest BCUT2D eigenvalue weighted by atomic mass is 16.7. The Bertz CT molecular complexity index is 751. The van der Waals surface area contributed by atoms with Crippen molar-refractivity contribution in [3.63, 3.8) is 0 Å². The molecule has 6 heteroatoms. The topological polar surface area (TPSA) is 75.3 Å². The minimum atomic E-state index is -0.467. The van der Waals surface area contributed by atoms with Crippen LogP contribution in [0.3, 0.4) is 0 Å². The van der Waals surface area contributed by atoms with Crippen molar-refractivity contribution in [2.45, 2.75) is 6.61 Å². The van der Waals surface area contributed by atoms with Gasteiger partial charge in [0.2, 0.25) is 0 Å². The zero-order valence-corrected chi connectivity index (χ0v) is 11.2. The summed E-state index contributed by atoms with van der Waals surface area (Å²) in [7, 11) is 1.72. The van der Waals surface area contributed by atoms with E-state index in [1.165, 1.54) is 0 Å². The molecule has 1 aromatic carbocycles. The zero-order valence-electron chi connectivity index (χ0n) is 11.2. The van der Waals surface area contributed by atoms with Gasteiger partial charge < -0.3 is 4.57 Å². The Balaban J connectivity index is 1.78. The smallest absolute Gasteiger partial charge is 0.285 e.